The predicted molar refractivity (Wildman–Crippen MR) is 88.8 cm³/mol. The molecule has 0 aliphatic carbocycles. The van der Waals surface area contributed by atoms with Gasteiger partial charge < -0.3 is 10.1 Å². The number of benzene rings is 2. The third-order valence-electron chi connectivity index (χ3n) is 4.00. The van der Waals surface area contributed by atoms with Crippen LogP contribution in [-0.2, 0) is 6.42 Å². The molecule has 0 aliphatic heterocycles. The number of hydrogen-bond donors (Lipinski definition) is 1. The van der Waals surface area contributed by atoms with Crippen molar-refractivity contribution < 1.29 is 4.74 Å². The van der Waals surface area contributed by atoms with E-state index in [1.165, 1.54) is 16.7 Å². The van der Waals surface area contributed by atoms with Crippen molar-refractivity contribution in [3.63, 3.8) is 0 Å². The third kappa shape index (κ3) is 4.08. The van der Waals surface area contributed by atoms with Crippen LogP contribution in [0.15, 0.2) is 48.5 Å². The fourth-order valence-electron chi connectivity index (χ4n) is 2.50. The second-order valence-electron chi connectivity index (χ2n) is 5.48. The van der Waals surface area contributed by atoms with Gasteiger partial charge in [-0.2, -0.15) is 0 Å². The van der Waals surface area contributed by atoms with Crippen LogP contribution >= 0.6 is 0 Å². The Bertz CT molecular complexity index is 493. The Morgan fingerprint density at radius 1 is 0.857 bits per heavy atom. The largest absolute Gasteiger partial charge is 0.497 e. The van der Waals surface area contributed by atoms with Gasteiger partial charge in [0.15, 0.2) is 0 Å². The van der Waals surface area contributed by atoms with Crippen LogP contribution in [0, 0.1) is 0 Å². The van der Waals surface area contributed by atoms with Crippen LogP contribution in [0.3, 0.4) is 0 Å². The molecule has 0 spiro atoms. The summed E-state index contributed by atoms with van der Waals surface area (Å²) < 4.78 is 5.20. The molecule has 1 unspecified atom stereocenters. The van der Waals surface area contributed by atoms with Gasteiger partial charge in [-0.3, -0.25) is 0 Å². The van der Waals surface area contributed by atoms with Crippen LogP contribution in [0.2, 0.25) is 0 Å². The summed E-state index contributed by atoms with van der Waals surface area (Å²) in [6.07, 6.45) is 1.09. The summed E-state index contributed by atoms with van der Waals surface area (Å²) in [7, 11) is 1.69. The van der Waals surface area contributed by atoms with Crippen LogP contribution in [0.1, 0.15) is 49.5 Å². The van der Waals surface area contributed by atoms with Gasteiger partial charge in [0.2, 0.25) is 0 Å². The van der Waals surface area contributed by atoms with Crippen molar-refractivity contribution in [2.45, 2.75) is 39.3 Å². The first-order chi connectivity index (χ1) is 10.1. The highest BCUT2D eigenvalue weighted by atomic mass is 16.5. The molecule has 0 saturated carbocycles. The molecule has 2 heteroatoms. The van der Waals surface area contributed by atoms with Crippen molar-refractivity contribution in [1.29, 1.82) is 0 Å². The van der Waals surface area contributed by atoms with Crippen LogP contribution in [-0.4, -0.2) is 7.11 Å². The summed E-state index contributed by atoms with van der Waals surface area (Å²) in [6.45, 7) is 6.59. The summed E-state index contributed by atoms with van der Waals surface area (Å²) in [5.74, 6) is 0.897. The van der Waals surface area contributed by atoms with E-state index in [9.17, 15) is 0 Å². The number of hydrogen-bond acceptors (Lipinski definition) is 2. The number of methoxy groups -OCH3 is 1. The fraction of sp³-hybridized carbons (Fsp3) is 0.368. The zero-order valence-corrected chi connectivity index (χ0v) is 13.4. The van der Waals surface area contributed by atoms with Crippen LogP contribution in [0.5, 0.6) is 5.75 Å². The highest BCUT2D eigenvalue weighted by Crippen LogP contribution is 2.21. The molecule has 0 aliphatic rings. The molecule has 2 aromatic carbocycles. The number of rotatable bonds is 6. The van der Waals surface area contributed by atoms with Crippen molar-refractivity contribution in [1.82, 2.24) is 5.32 Å². The Kier molecular flexibility index (Phi) is 5.40. The van der Waals surface area contributed by atoms with E-state index in [-0.39, 0.29) is 0 Å². The maximum Gasteiger partial charge on any atom is 0.118 e. The standard InChI is InChI=1S/C19H25NO/c1-5-16-6-8-17(9-7-16)14(2)20-15(3)18-10-12-19(21-4)13-11-18/h6-15,20H,5H2,1-4H3/t14?,15-/m0/s1. The molecule has 112 valence electrons. The third-order valence-corrected chi connectivity index (χ3v) is 4.00. The van der Waals surface area contributed by atoms with E-state index in [0.29, 0.717) is 12.1 Å². The molecule has 1 N–H and O–H groups in total. The van der Waals surface area contributed by atoms with Gasteiger partial charge in [-0.25, -0.2) is 0 Å². The van der Waals surface area contributed by atoms with E-state index < -0.39 is 0 Å². The van der Waals surface area contributed by atoms with Crippen molar-refractivity contribution >= 4 is 0 Å². The summed E-state index contributed by atoms with van der Waals surface area (Å²) in [5, 5.41) is 3.65. The molecule has 2 rings (SSSR count). The van der Waals surface area contributed by atoms with Crippen LogP contribution in [0.4, 0.5) is 0 Å². The lowest BCUT2D eigenvalue weighted by Gasteiger charge is -2.21. The lowest BCUT2D eigenvalue weighted by Crippen LogP contribution is -2.22. The van der Waals surface area contributed by atoms with E-state index in [1.54, 1.807) is 7.11 Å². The minimum atomic E-state index is 0.303. The maximum atomic E-state index is 5.20. The summed E-state index contributed by atoms with van der Waals surface area (Å²) in [4.78, 5) is 0. The highest BCUT2D eigenvalue weighted by Gasteiger charge is 2.11. The molecule has 0 fully saturated rings. The molecule has 2 nitrogen and oxygen atoms in total. The molecule has 0 heterocycles. The summed E-state index contributed by atoms with van der Waals surface area (Å²) in [5.41, 5.74) is 3.98. The highest BCUT2D eigenvalue weighted by molar-refractivity contribution is 5.29. The van der Waals surface area contributed by atoms with Crippen LogP contribution in [0.25, 0.3) is 0 Å². The Balaban J connectivity index is 2.01. The maximum absolute atomic E-state index is 5.20. The molecule has 0 radical (unpaired) electrons. The zero-order valence-electron chi connectivity index (χ0n) is 13.4. The van der Waals surface area contributed by atoms with Gasteiger partial charge in [0.25, 0.3) is 0 Å². The average molecular weight is 283 g/mol. The van der Waals surface area contributed by atoms with Gasteiger partial charge in [0.1, 0.15) is 5.75 Å². The lowest BCUT2D eigenvalue weighted by atomic mass is 10.0. The second-order valence-corrected chi connectivity index (χ2v) is 5.48. The van der Waals surface area contributed by atoms with Gasteiger partial charge in [0, 0.05) is 12.1 Å². The Morgan fingerprint density at radius 3 is 1.76 bits per heavy atom. The zero-order chi connectivity index (χ0) is 15.2. The minimum absolute atomic E-state index is 0.303. The van der Waals surface area contributed by atoms with Gasteiger partial charge >= 0.3 is 0 Å². The first kappa shape index (κ1) is 15.6. The van der Waals surface area contributed by atoms with E-state index in [4.69, 9.17) is 4.74 Å². The lowest BCUT2D eigenvalue weighted by molar-refractivity contribution is 0.414. The van der Waals surface area contributed by atoms with Crippen molar-refractivity contribution in [3.8, 4) is 5.75 Å². The molecular weight excluding hydrogens is 258 g/mol. The van der Waals surface area contributed by atoms with E-state index >= 15 is 0 Å². The van der Waals surface area contributed by atoms with Gasteiger partial charge in [0.05, 0.1) is 7.11 Å². The van der Waals surface area contributed by atoms with Crippen molar-refractivity contribution in [2.24, 2.45) is 0 Å². The number of ether oxygens (including phenoxy) is 1. The molecule has 0 amide bonds. The van der Waals surface area contributed by atoms with Crippen LogP contribution < -0.4 is 10.1 Å². The Labute approximate surface area is 128 Å². The molecule has 21 heavy (non-hydrogen) atoms. The van der Waals surface area contributed by atoms with E-state index in [1.807, 2.05) is 12.1 Å². The quantitative estimate of drug-likeness (QED) is 0.832. The van der Waals surface area contributed by atoms with Gasteiger partial charge in [-0.05, 0) is 49.1 Å². The molecule has 2 atom stereocenters. The van der Waals surface area contributed by atoms with E-state index in [0.717, 1.165) is 12.2 Å². The smallest absolute Gasteiger partial charge is 0.118 e. The predicted octanol–water partition coefficient (Wildman–Crippen LogP) is 4.67. The van der Waals surface area contributed by atoms with Gasteiger partial charge in [-0.1, -0.05) is 43.3 Å². The Hall–Kier alpha value is -1.80. The SMILES string of the molecule is CCc1ccc(C(C)N[C@@H](C)c2ccc(OC)cc2)cc1. The average Bonchev–Trinajstić information content (AvgIpc) is 2.55. The minimum Gasteiger partial charge on any atom is -0.497 e. The fourth-order valence-corrected chi connectivity index (χ4v) is 2.50. The molecule has 2 aromatic rings. The molecular formula is C19H25NO. The van der Waals surface area contributed by atoms with Crippen molar-refractivity contribution in [3.05, 3.63) is 65.2 Å². The Morgan fingerprint density at radius 2 is 1.33 bits per heavy atom. The number of aryl methyl sites for hydroxylation is 1. The summed E-state index contributed by atoms with van der Waals surface area (Å²) in [6, 6.07) is 17.7. The molecule has 0 saturated heterocycles. The summed E-state index contributed by atoms with van der Waals surface area (Å²) >= 11 is 0. The molecule has 0 aromatic heterocycles. The number of nitrogens with one attached hydrogen (secondary N) is 1. The first-order valence-corrected chi connectivity index (χ1v) is 7.63. The first-order valence-electron chi connectivity index (χ1n) is 7.63. The second kappa shape index (κ2) is 7.28. The van der Waals surface area contributed by atoms with Gasteiger partial charge in [-0.15, -0.1) is 0 Å². The normalized spacial score (nSPS) is 13.7. The molecule has 0 bridgehead atoms. The van der Waals surface area contributed by atoms with Crippen molar-refractivity contribution in [2.75, 3.05) is 7.11 Å². The monoisotopic (exact) mass is 283 g/mol. The van der Waals surface area contributed by atoms with E-state index in [2.05, 4.69) is 62.5 Å². The topological polar surface area (TPSA) is 21.3 Å².